The van der Waals surface area contributed by atoms with E-state index >= 15 is 0 Å². The molecule has 1 saturated carbocycles. The molecule has 2 fully saturated rings. The number of piperazine rings is 1. The topological polar surface area (TPSA) is 61.6 Å². The first kappa shape index (κ1) is 16.5. The Hall–Kier alpha value is -1.40. The third-order valence-electron chi connectivity index (χ3n) is 5.57. The average Bonchev–Trinajstić information content (AvgIpc) is 3.06. The van der Waals surface area contributed by atoms with Crippen LogP contribution in [-0.2, 0) is 18.3 Å². The summed E-state index contributed by atoms with van der Waals surface area (Å²) in [5.41, 5.74) is 3.08. The first-order valence-electron chi connectivity index (χ1n) is 8.66. The van der Waals surface area contributed by atoms with Crippen molar-refractivity contribution >= 4 is 5.91 Å². The molecule has 6 nitrogen and oxygen atoms in total. The van der Waals surface area contributed by atoms with Crippen LogP contribution >= 0.6 is 0 Å². The van der Waals surface area contributed by atoms with Gasteiger partial charge in [0.2, 0.25) is 5.91 Å². The fourth-order valence-electron chi connectivity index (χ4n) is 3.99. The Balaban J connectivity index is 1.56. The standard InChI is InChI=1S/C17H28N4O2/c1-12-14(13(2)19(3)18-12)11-17(23)21-9-7-20(8-10-21)15-5-4-6-16(15)22/h15-16,22H,4-11H2,1-3H3. The highest BCUT2D eigenvalue weighted by Gasteiger charge is 2.33. The van der Waals surface area contributed by atoms with Crippen molar-refractivity contribution in [3.63, 3.8) is 0 Å². The second kappa shape index (κ2) is 6.61. The molecule has 0 spiro atoms. The van der Waals surface area contributed by atoms with Gasteiger partial charge in [-0.25, -0.2) is 0 Å². The van der Waals surface area contributed by atoms with Gasteiger partial charge in [0.05, 0.1) is 18.2 Å². The lowest BCUT2D eigenvalue weighted by molar-refractivity contribution is -0.132. The number of aliphatic hydroxyl groups is 1. The predicted molar refractivity (Wildman–Crippen MR) is 88.2 cm³/mol. The van der Waals surface area contributed by atoms with E-state index in [-0.39, 0.29) is 12.0 Å². The van der Waals surface area contributed by atoms with Crippen LogP contribution < -0.4 is 0 Å². The van der Waals surface area contributed by atoms with Gasteiger partial charge in [-0.3, -0.25) is 14.4 Å². The Morgan fingerprint density at radius 3 is 2.43 bits per heavy atom. The Kier molecular flexibility index (Phi) is 4.73. The fraction of sp³-hybridized carbons (Fsp3) is 0.765. The lowest BCUT2D eigenvalue weighted by Crippen LogP contribution is -2.53. The van der Waals surface area contributed by atoms with E-state index in [2.05, 4.69) is 10.00 Å². The van der Waals surface area contributed by atoms with Gasteiger partial charge in [0.25, 0.3) is 0 Å². The van der Waals surface area contributed by atoms with Crippen molar-refractivity contribution in [2.45, 2.75) is 51.7 Å². The number of nitrogens with zero attached hydrogens (tertiary/aromatic N) is 4. The van der Waals surface area contributed by atoms with Gasteiger partial charge in [0.15, 0.2) is 0 Å². The molecule has 1 aliphatic carbocycles. The number of rotatable bonds is 3. The molecule has 128 valence electrons. The van der Waals surface area contributed by atoms with Crippen LogP contribution in [0.15, 0.2) is 0 Å². The molecule has 2 unspecified atom stereocenters. The lowest BCUT2D eigenvalue weighted by Gasteiger charge is -2.39. The van der Waals surface area contributed by atoms with Crippen molar-refractivity contribution in [2.75, 3.05) is 26.2 Å². The summed E-state index contributed by atoms with van der Waals surface area (Å²) < 4.78 is 1.84. The number of carbonyl (C=O) groups is 1. The Bertz CT molecular complexity index is 575. The number of amides is 1. The first-order valence-corrected chi connectivity index (χ1v) is 8.66. The van der Waals surface area contributed by atoms with E-state index in [4.69, 9.17) is 0 Å². The minimum absolute atomic E-state index is 0.182. The normalized spacial score (nSPS) is 26.0. The molecule has 6 heteroatoms. The summed E-state index contributed by atoms with van der Waals surface area (Å²) in [6, 6.07) is 0.301. The molecule has 2 heterocycles. The van der Waals surface area contributed by atoms with E-state index in [1.54, 1.807) is 0 Å². The third kappa shape index (κ3) is 3.28. The van der Waals surface area contributed by atoms with Gasteiger partial charge >= 0.3 is 0 Å². The summed E-state index contributed by atoms with van der Waals surface area (Å²) >= 11 is 0. The quantitative estimate of drug-likeness (QED) is 0.888. The maximum atomic E-state index is 12.6. The zero-order valence-electron chi connectivity index (χ0n) is 14.5. The van der Waals surface area contributed by atoms with E-state index in [9.17, 15) is 9.90 Å². The van der Waals surface area contributed by atoms with Crippen LogP contribution in [0.1, 0.15) is 36.2 Å². The van der Waals surface area contributed by atoms with Gasteiger partial charge in [-0.15, -0.1) is 0 Å². The first-order chi connectivity index (χ1) is 11.0. The van der Waals surface area contributed by atoms with E-state index in [0.29, 0.717) is 12.5 Å². The molecule has 2 aliphatic rings. The van der Waals surface area contributed by atoms with Gasteiger partial charge in [-0.2, -0.15) is 5.10 Å². The molecule has 1 saturated heterocycles. The molecular weight excluding hydrogens is 292 g/mol. The van der Waals surface area contributed by atoms with E-state index in [1.165, 1.54) is 0 Å². The van der Waals surface area contributed by atoms with Crippen molar-refractivity contribution in [3.05, 3.63) is 17.0 Å². The molecular formula is C17H28N4O2. The maximum absolute atomic E-state index is 12.6. The Morgan fingerprint density at radius 1 is 1.22 bits per heavy atom. The highest BCUT2D eigenvalue weighted by Crippen LogP contribution is 2.25. The van der Waals surface area contributed by atoms with Gasteiger partial charge < -0.3 is 10.0 Å². The minimum Gasteiger partial charge on any atom is -0.391 e. The summed E-state index contributed by atoms with van der Waals surface area (Å²) in [4.78, 5) is 16.9. The van der Waals surface area contributed by atoms with Crippen molar-refractivity contribution in [3.8, 4) is 0 Å². The third-order valence-corrected chi connectivity index (χ3v) is 5.57. The lowest BCUT2D eigenvalue weighted by atomic mass is 10.1. The van der Waals surface area contributed by atoms with Crippen molar-refractivity contribution in [1.29, 1.82) is 0 Å². The summed E-state index contributed by atoms with van der Waals surface area (Å²) in [5, 5.41) is 14.4. The molecule has 0 bridgehead atoms. The summed E-state index contributed by atoms with van der Waals surface area (Å²) in [6.07, 6.45) is 3.38. The summed E-state index contributed by atoms with van der Waals surface area (Å²) in [6.45, 7) is 7.26. The fourth-order valence-corrected chi connectivity index (χ4v) is 3.99. The maximum Gasteiger partial charge on any atom is 0.227 e. The molecule has 1 aromatic rings. The van der Waals surface area contributed by atoms with Crippen LogP contribution in [0.3, 0.4) is 0 Å². The summed E-state index contributed by atoms with van der Waals surface area (Å²) in [5.74, 6) is 0.191. The number of hydrogen-bond acceptors (Lipinski definition) is 4. The van der Waals surface area contributed by atoms with Gasteiger partial charge in [0.1, 0.15) is 0 Å². The molecule has 0 aromatic carbocycles. The number of aliphatic hydroxyl groups excluding tert-OH is 1. The number of aromatic nitrogens is 2. The smallest absolute Gasteiger partial charge is 0.227 e. The van der Waals surface area contributed by atoms with Gasteiger partial charge in [0, 0.05) is 50.5 Å². The SMILES string of the molecule is Cc1nn(C)c(C)c1CC(=O)N1CCN(C2CCCC2O)CC1. The minimum atomic E-state index is -0.182. The molecule has 1 N–H and O–H groups in total. The van der Waals surface area contributed by atoms with Gasteiger partial charge in [-0.05, 0) is 33.1 Å². The highest BCUT2D eigenvalue weighted by atomic mass is 16.3. The molecule has 23 heavy (non-hydrogen) atoms. The molecule has 1 aromatic heterocycles. The van der Waals surface area contributed by atoms with Gasteiger partial charge in [-0.1, -0.05) is 0 Å². The predicted octanol–water partition coefficient (Wildman–Crippen LogP) is 0.637. The van der Waals surface area contributed by atoms with Crippen LogP contribution in [0.5, 0.6) is 0 Å². The van der Waals surface area contributed by atoms with Crippen LogP contribution in [0.25, 0.3) is 0 Å². The van der Waals surface area contributed by atoms with Crippen molar-refractivity contribution in [2.24, 2.45) is 7.05 Å². The Labute approximate surface area is 138 Å². The molecule has 0 radical (unpaired) electrons. The zero-order chi connectivity index (χ0) is 16.6. The molecule has 3 rings (SSSR count). The Morgan fingerprint density at radius 2 is 1.91 bits per heavy atom. The number of carbonyl (C=O) groups excluding carboxylic acids is 1. The molecule has 2 atom stereocenters. The highest BCUT2D eigenvalue weighted by molar-refractivity contribution is 5.79. The van der Waals surface area contributed by atoms with E-state index in [0.717, 1.165) is 62.4 Å². The second-order valence-electron chi connectivity index (χ2n) is 6.93. The van der Waals surface area contributed by atoms with Crippen molar-refractivity contribution in [1.82, 2.24) is 19.6 Å². The van der Waals surface area contributed by atoms with Crippen LogP contribution in [-0.4, -0.2) is 68.9 Å². The monoisotopic (exact) mass is 320 g/mol. The summed E-state index contributed by atoms with van der Waals surface area (Å²) in [7, 11) is 1.92. The number of hydrogen-bond donors (Lipinski definition) is 1. The zero-order valence-corrected chi connectivity index (χ0v) is 14.5. The van der Waals surface area contributed by atoms with Crippen LogP contribution in [0.4, 0.5) is 0 Å². The largest absolute Gasteiger partial charge is 0.391 e. The van der Waals surface area contributed by atoms with E-state index in [1.807, 2.05) is 30.5 Å². The average molecular weight is 320 g/mol. The number of aryl methyl sites for hydroxylation is 2. The molecule has 1 amide bonds. The molecule has 1 aliphatic heterocycles. The second-order valence-corrected chi connectivity index (χ2v) is 6.93. The van der Waals surface area contributed by atoms with Crippen LogP contribution in [0, 0.1) is 13.8 Å². The van der Waals surface area contributed by atoms with E-state index < -0.39 is 0 Å². The van der Waals surface area contributed by atoms with Crippen molar-refractivity contribution < 1.29 is 9.90 Å². The van der Waals surface area contributed by atoms with Crippen LogP contribution in [0.2, 0.25) is 0 Å².